The average molecular weight is 348 g/mol. The molecule has 2 rings (SSSR count). The van der Waals surface area contributed by atoms with Crippen LogP contribution in [-0.4, -0.2) is 54.8 Å². The molecule has 0 bridgehead atoms. The maximum absolute atomic E-state index is 5.71. The molecule has 1 saturated heterocycles. The van der Waals surface area contributed by atoms with Gasteiger partial charge in [0.25, 0.3) is 0 Å². The van der Waals surface area contributed by atoms with Gasteiger partial charge in [0.15, 0.2) is 5.96 Å². The van der Waals surface area contributed by atoms with Crippen LogP contribution in [0.2, 0.25) is 0 Å². The Morgan fingerprint density at radius 1 is 1.32 bits per heavy atom. The fourth-order valence-corrected chi connectivity index (χ4v) is 2.85. The minimum atomic E-state index is 0.0702. The second-order valence-corrected chi connectivity index (χ2v) is 7.51. The van der Waals surface area contributed by atoms with E-state index in [1.54, 1.807) is 13.3 Å². The molecular formula is C19H32N4O2. The Kier molecular flexibility index (Phi) is 6.27. The summed E-state index contributed by atoms with van der Waals surface area (Å²) in [7, 11) is 1.66. The summed E-state index contributed by atoms with van der Waals surface area (Å²) in [5.41, 5.74) is 1.32. The van der Waals surface area contributed by atoms with Crippen molar-refractivity contribution in [2.75, 3.05) is 33.4 Å². The highest BCUT2D eigenvalue weighted by Crippen LogP contribution is 2.46. The molecule has 1 aromatic rings. The number of nitrogens with zero attached hydrogens (tertiary/aromatic N) is 3. The van der Waals surface area contributed by atoms with Crippen LogP contribution in [0.15, 0.2) is 23.3 Å². The molecule has 0 radical (unpaired) electrons. The van der Waals surface area contributed by atoms with E-state index in [9.17, 15) is 0 Å². The molecule has 1 N–H and O–H groups in total. The largest absolute Gasteiger partial charge is 0.475 e. The highest BCUT2D eigenvalue weighted by atomic mass is 16.5. The lowest BCUT2D eigenvalue weighted by Crippen LogP contribution is -2.72. The SMILES string of the molecule is CCNC(=NCc1cccnc1OCCOC)N1CC(C)(C)C1(C)C. The average Bonchev–Trinajstić information content (AvgIpc) is 2.58. The minimum absolute atomic E-state index is 0.0702. The van der Waals surface area contributed by atoms with Gasteiger partial charge in [-0.05, 0) is 26.8 Å². The molecule has 0 amide bonds. The van der Waals surface area contributed by atoms with Crippen molar-refractivity contribution in [1.29, 1.82) is 0 Å². The molecule has 0 unspecified atom stereocenters. The molecule has 25 heavy (non-hydrogen) atoms. The number of methoxy groups -OCH3 is 1. The summed E-state index contributed by atoms with van der Waals surface area (Å²) < 4.78 is 10.7. The first-order valence-corrected chi connectivity index (χ1v) is 8.95. The van der Waals surface area contributed by atoms with Crippen molar-refractivity contribution in [2.45, 2.75) is 46.7 Å². The first-order valence-electron chi connectivity index (χ1n) is 8.95. The van der Waals surface area contributed by atoms with Crippen LogP contribution in [0, 0.1) is 5.41 Å². The van der Waals surface area contributed by atoms with Gasteiger partial charge in [-0.25, -0.2) is 9.98 Å². The summed E-state index contributed by atoms with van der Waals surface area (Å²) in [4.78, 5) is 11.5. The molecule has 6 heteroatoms. The van der Waals surface area contributed by atoms with Gasteiger partial charge in [0.1, 0.15) is 6.61 Å². The number of aromatic nitrogens is 1. The molecule has 1 aromatic heterocycles. The van der Waals surface area contributed by atoms with Crippen LogP contribution in [0.25, 0.3) is 0 Å². The molecule has 2 heterocycles. The van der Waals surface area contributed by atoms with E-state index in [1.165, 1.54) is 0 Å². The Labute approximate surface area is 151 Å². The van der Waals surface area contributed by atoms with Crippen molar-refractivity contribution in [2.24, 2.45) is 10.4 Å². The second-order valence-electron chi connectivity index (χ2n) is 7.51. The standard InChI is InChI=1S/C19H32N4O2/c1-7-20-17(23-14-18(2,3)19(23,4)5)22-13-15-9-8-10-21-16(15)25-12-11-24-6/h8-10H,7,11-14H2,1-6H3,(H,20,22). The van der Waals surface area contributed by atoms with E-state index in [2.05, 4.69) is 49.8 Å². The van der Waals surface area contributed by atoms with Gasteiger partial charge in [-0.15, -0.1) is 0 Å². The second kappa shape index (κ2) is 8.04. The topological polar surface area (TPSA) is 59.0 Å². The summed E-state index contributed by atoms with van der Waals surface area (Å²) in [6, 6.07) is 3.92. The quantitative estimate of drug-likeness (QED) is 0.466. The molecule has 6 nitrogen and oxygen atoms in total. The van der Waals surface area contributed by atoms with E-state index in [1.807, 2.05) is 12.1 Å². The van der Waals surface area contributed by atoms with Gasteiger partial charge >= 0.3 is 0 Å². The maximum Gasteiger partial charge on any atom is 0.218 e. The molecule has 1 fully saturated rings. The van der Waals surface area contributed by atoms with Crippen LogP contribution in [-0.2, 0) is 11.3 Å². The number of guanidine groups is 1. The molecule has 140 valence electrons. The number of hydrogen-bond acceptors (Lipinski definition) is 4. The minimum Gasteiger partial charge on any atom is -0.475 e. The number of ether oxygens (including phenoxy) is 2. The van der Waals surface area contributed by atoms with Crippen molar-refractivity contribution in [3.63, 3.8) is 0 Å². The Hall–Kier alpha value is -1.82. The molecule has 0 saturated carbocycles. The monoisotopic (exact) mass is 348 g/mol. The van der Waals surface area contributed by atoms with Gasteiger partial charge in [0.2, 0.25) is 5.88 Å². The third-order valence-electron chi connectivity index (χ3n) is 5.25. The summed E-state index contributed by atoms with van der Waals surface area (Å²) in [5.74, 6) is 1.57. The zero-order valence-corrected chi connectivity index (χ0v) is 16.4. The fourth-order valence-electron chi connectivity index (χ4n) is 2.85. The predicted octanol–water partition coefficient (Wildman–Crippen LogP) is 2.69. The van der Waals surface area contributed by atoms with Gasteiger partial charge < -0.3 is 19.7 Å². The highest BCUT2D eigenvalue weighted by molar-refractivity contribution is 5.82. The third-order valence-corrected chi connectivity index (χ3v) is 5.25. The van der Waals surface area contributed by atoms with Gasteiger partial charge in [0.05, 0.1) is 13.2 Å². The van der Waals surface area contributed by atoms with Crippen molar-refractivity contribution < 1.29 is 9.47 Å². The Morgan fingerprint density at radius 2 is 2.08 bits per heavy atom. The van der Waals surface area contributed by atoms with E-state index >= 15 is 0 Å². The summed E-state index contributed by atoms with van der Waals surface area (Å²) in [6.45, 7) is 14.6. The lowest BCUT2D eigenvalue weighted by molar-refractivity contribution is -0.0667. The first kappa shape index (κ1) is 19.5. The van der Waals surface area contributed by atoms with Crippen molar-refractivity contribution in [3.05, 3.63) is 23.9 Å². The molecule has 0 aromatic carbocycles. The number of nitrogens with one attached hydrogen (secondary N) is 1. The van der Waals surface area contributed by atoms with Gasteiger partial charge in [-0.3, -0.25) is 0 Å². The molecule has 1 aliphatic heterocycles. The Bertz CT molecular complexity index is 599. The summed E-state index contributed by atoms with van der Waals surface area (Å²) in [5, 5.41) is 3.41. The first-order chi connectivity index (χ1) is 11.8. The van der Waals surface area contributed by atoms with E-state index in [4.69, 9.17) is 14.5 Å². The Morgan fingerprint density at radius 3 is 2.68 bits per heavy atom. The number of aliphatic imine (C=N–C) groups is 1. The smallest absolute Gasteiger partial charge is 0.218 e. The molecular weight excluding hydrogens is 316 g/mol. The van der Waals surface area contributed by atoms with Gasteiger partial charge in [-0.2, -0.15) is 0 Å². The number of pyridine rings is 1. The lowest BCUT2D eigenvalue weighted by Gasteiger charge is -2.62. The molecule has 1 aliphatic rings. The van der Waals surface area contributed by atoms with Crippen LogP contribution in [0.4, 0.5) is 0 Å². The van der Waals surface area contributed by atoms with Crippen molar-refractivity contribution >= 4 is 5.96 Å². The summed E-state index contributed by atoms with van der Waals surface area (Å²) in [6.07, 6.45) is 1.74. The zero-order chi connectivity index (χ0) is 18.5. The highest BCUT2D eigenvalue weighted by Gasteiger charge is 2.53. The molecule has 0 spiro atoms. The van der Waals surface area contributed by atoms with Crippen LogP contribution >= 0.6 is 0 Å². The van der Waals surface area contributed by atoms with E-state index < -0.39 is 0 Å². The van der Waals surface area contributed by atoms with Crippen LogP contribution in [0.3, 0.4) is 0 Å². The third kappa shape index (κ3) is 4.24. The number of likely N-dealkylation sites (tertiary alicyclic amines) is 1. The van der Waals surface area contributed by atoms with E-state index in [-0.39, 0.29) is 11.0 Å². The van der Waals surface area contributed by atoms with Crippen LogP contribution in [0.1, 0.15) is 40.2 Å². The Balaban J connectivity index is 2.12. The van der Waals surface area contributed by atoms with E-state index in [0.29, 0.717) is 25.6 Å². The molecule has 0 atom stereocenters. The van der Waals surface area contributed by atoms with Crippen molar-refractivity contribution in [1.82, 2.24) is 15.2 Å². The maximum atomic E-state index is 5.71. The molecule has 0 aliphatic carbocycles. The van der Waals surface area contributed by atoms with Gasteiger partial charge in [0, 0.05) is 42.9 Å². The lowest BCUT2D eigenvalue weighted by atomic mass is 9.65. The fraction of sp³-hybridized carbons (Fsp3) is 0.684. The van der Waals surface area contributed by atoms with Gasteiger partial charge in [-0.1, -0.05) is 19.9 Å². The van der Waals surface area contributed by atoms with Crippen LogP contribution in [0.5, 0.6) is 5.88 Å². The zero-order valence-electron chi connectivity index (χ0n) is 16.4. The number of rotatable bonds is 7. The summed E-state index contributed by atoms with van der Waals surface area (Å²) >= 11 is 0. The van der Waals surface area contributed by atoms with Crippen LogP contribution < -0.4 is 10.1 Å². The van der Waals surface area contributed by atoms with E-state index in [0.717, 1.165) is 24.6 Å². The normalized spacial score (nSPS) is 18.6. The number of hydrogen-bond donors (Lipinski definition) is 1. The predicted molar refractivity (Wildman–Crippen MR) is 101 cm³/mol. The van der Waals surface area contributed by atoms with Crippen molar-refractivity contribution in [3.8, 4) is 5.88 Å².